The monoisotopic (exact) mass is 438 g/mol. The van der Waals surface area contributed by atoms with Crippen molar-refractivity contribution in [2.75, 3.05) is 17.2 Å². The smallest absolute Gasteiger partial charge is 0.262 e. The van der Waals surface area contributed by atoms with Gasteiger partial charge in [0.25, 0.3) is 11.8 Å². The first kappa shape index (κ1) is 18.1. The molecule has 1 heterocycles. The predicted molar refractivity (Wildman–Crippen MR) is 109 cm³/mol. The van der Waals surface area contributed by atoms with E-state index in [1.165, 1.54) is 0 Å². The number of anilines is 2. The van der Waals surface area contributed by atoms with Gasteiger partial charge in [-0.3, -0.25) is 9.59 Å². The quantitative estimate of drug-likeness (QED) is 0.611. The number of carbonyl (C=O) groups excluding carboxylic acids is 2. The van der Waals surface area contributed by atoms with Gasteiger partial charge >= 0.3 is 0 Å². The van der Waals surface area contributed by atoms with Crippen molar-refractivity contribution in [3.05, 3.63) is 76.8 Å². The molecule has 0 aromatic heterocycles. The standard InChI is InChI=1S/C21H15BrN2O4/c22-13-4-3-5-15(10-13)28-18-7-2-1-6-16(18)21(26)23-14-8-9-19-17(11-14)24-20(25)12-27-19/h1-11H,12H2,(H,23,26)(H,24,25). The Balaban J connectivity index is 1.56. The Morgan fingerprint density at radius 3 is 2.79 bits per heavy atom. The molecule has 0 radical (unpaired) electrons. The molecular weight excluding hydrogens is 424 g/mol. The fourth-order valence-electron chi connectivity index (χ4n) is 2.76. The number of halogens is 1. The zero-order valence-corrected chi connectivity index (χ0v) is 16.2. The van der Waals surface area contributed by atoms with Crippen LogP contribution in [0.25, 0.3) is 0 Å². The Bertz CT molecular complexity index is 1070. The van der Waals surface area contributed by atoms with Crippen LogP contribution >= 0.6 is 15.9 Å². The topological polar surface area (TPSA) is 76.7 Å². The Hall–Kier alpha value is -3.32. The van der Waals surface area contributed by atoms with Crippen molar-refractivity contribution in [1.82, 2.24) is 0 Å². The molecule has 1 aliphatic heterocycles. The van der Waals surface area contributed by atoms with Gasteiger partial charge in [-0.2, -0.15) is 0 Å². The molecule has 0 bridgehead atoms. The summed E-state index contributed by atoms with van der Waals surface area (Å²) in [6.45, 7) is -0.0149. The lowest BCUT2D eigenvalue weighted by atomic mass is 10.1. The Morgan fingerprint density at radius 2 is 1.93 bits per heavy atom. The van der Waals surface area contributed by atoms with Crippen molar-refractivity contribution in [3.63, 3.8) is 0 Å². The Kier molecular flexibility index (Phi) is 4.99. The summed E-state index contributed by atoms with van der Waals surface area (Å²) in [4.78, 5) is 24.3. The highest BCUT2D eigenvalue weighted by molar-refractivity contribution is 9.10. The molecule has 0 spiro atoms. The van der Waals surface area contributed by atoms with Gasteiger partial charge in [0, 0.05) is 10.2 Å². The van der Waals surface area contributed by atoms with Crippen LogP contribution in [-0.4, -0.2) is 18.4 Å². The third kappa shape index (κ3) is 3.99. The lowest BCUT2D eigenvalue weighted by Gasteiger charge is -2.19. The second-order valence-electron chi connectivity index (χ2n) is 6.06. The van der Waals surface area contributed by atoms with Crippen molar-refractivity contribution >= 4 is 39.1 Å². The van der Waals surface area contributed by atoms with Gasteiger partial charge in [0.15, 0.2) is 6.61 Å². The van der Waals surface area contributed by atoms with E-state index < -0.39 is 0 Å². The van der Waals surface area contributed by atoms with Gasteiger partial charge in [-0.15, -0.1) is 0 Å². The van der Waals surface area contributed by atoms with Crippen LogP contribution in [0.5, 0.6) is 17.2 Å². The van der Waals surface area contributed by atoms with Crippen LogP contribution in [0.4, 0.5) is 11.4 Å². The molecule has 28 heavy (non-hydrogen) atoms. The minimum Gasteiger partial charge on any atom is -0.482 e. The molecule has 0 saturated heterocycles. The summed E-state index contributed by atoms with van der Waals surface area (Å²) in [6.07, 6.45) is 0. The molecule has 0 fully saturated rings. The molecular formula is C21H15BrN2O4. The van der Waals surface area contributed by atoms with Crippen LogP contribution in [0, 0.1) is 0 Å². The summed E-state index contributed by atoms with van der Waals surface area (Å²) in [5.41, 5.74) is 1.44. The molecule has 4 rings (SSSR count). The van der Waals surface area contributed by atoms with Crippen LogP contribution in [0.2, 0.25) is 0 Å². The first-order chi connectivity index (χ1) is 13.6. The molecule has 0 aliphatic carbocycles. The molecule has 0 saturated carbocycles. The van der Waals surface area contributed by atoms with E-state index in [0.29, 0.717) is 34.2 Å². The number of nitrogens with one attached hydrogen (secondary N) is 2. The average molecular weight is 439 g/mol. The largest absolute Gasteiger partial charge is 0.482 e. The third-order valence-electron chi connectivity index (χ3n) is 4.03. The molecule has 140 valence electrons. The molecule has 7 heteroatoms. The maximum atomic E-state index is 12.8. The second kappa shape index (κ2) is 7.74. The first-order valence-electron chi connectivity index (χ1n) is 8.49. The minimum absolute atomic E-state index is 0.0149. The lowest BCUT2D eigenvalue weighted by Crippen LogP contribution is -2.25. The molecule has 3 aromatic rings. The normalized spacial score (nSPS) is 12.4. The highest BCUT2D eigenvalue weighted by Gasteiger charge is 2.18. The number of rotatable bonds is 4. The Morgan fingerprint density at radius 1 is 1.07 bits per heavy atom. The van der Waals surface area contributed by atoms with E-state index in [2.05, 4.69) is 26.6 Å². The molecule has 2 amide bonds. The van der Waals surface area contributed by atoms with Gasteiger partial charge in [0.1, 0.15) is 17.2 Å². The van der Waals surface area contributed by atoms with Gasteiger partial charge in [0.05, 0.1) is 11.3 Å². The summed E-state index contributed by atoms with van der Waals surface area (Å²) in [5.74, 6) is 1.06. The first-order valence-corrected chi connectivity index (χ1v) is 9.28. The molecule has 6 nitrogen and oxygen atoms in total. The summed E-state index contributed by atoms with van der Waals surface area (Å²) >= 11 is 3.40. The van der Waals surface area contributed by atoms with Crippen molar-refractivity contribution < 1.29 is 19.1 Å². The SMILES string of the molecule is O=C1COc2ccc(NC(=O)c3ccccc3Oc3cccc(Br)c3)cc2N1. The molecule has 3 aromatic carbocycles. The molecule has 2 N–H and O–H groups in total. The zero-order valence-electron chi connectivity index (χ0n) is 14.6. The van der Waals surface area contributed by atoms with Crippen molar-refractivity contribution in [2.45, 2.75) is 0 Å². The summed E-state index contributed by atoms with van der Waals surface area (Å²) in [5, 5.41) is 5.54. The molecule has 0 atom stereocenters. The van der Waals surface area contributed by atoms with E-state index in [1.807, 2.05) is 24.3 Å². The van der Waals surface area contributed by atoms with Crippen molar-refractivity contribution in [3.8, 4) is 17.2 Å². The summed E-state index contributed by atoms with van der Waals surface area (Å²) in [7, 11) is 0. The van der Waals surface area contributed by atoms with E-state index >= 15 is 0 Å². The number of hydrogen-bond donors (Lipinski definition) is 2. The summed E-state index contributed by atoms with van der Waals surface area (Å²) in [6, 6.07) is 19.4. The highest BCUT2D eigenvalue weighted by Crippen LogP contribution is 2.32. The number of para-hydroxylation sites is 1. The number of carbonyl (C=O) groups is 2. The van der Waals surface area contributed by atoms with Crippen LogP contribution in [0.1, 0.15) is 10.4 Å². The number of fused-ring (bicyclic) bond motifs is 1. The number of amides is 2. The predicted octanol–water partition coefficient (Wildman–Crippen LogP) is 4.82. The summed E-state index contributed by atoms with van der Waals surface area (Å²) < 4.78 is 12.1. The maximum Gasteiger partial charge on any atom is 0.262 e. The highest BCUT2D eigenvalue weighted by atomic mass is 79.9. The zero-order chi connectivity index (χ0) is 19.5. The van der Waals surface area contributed by atoms with Crippen LogP contribution in [0.15, 0.2) is 71.2 Å². The lowest BCUT2D eigenvalue weighted by molar-refractivity contribution is -0.118. The van der Waals surface area contributed by atoms with E-state index in [-0.39, 0.29) is 18.4 Å². The average Bonchev–Trinajstić information content (AvgIpc) is 2.68. The van der Waals surface area contributed by atoms with Gasteiger partial charge < -0.3 is 20.1 Å². The Labute approximate surface area is 169 Å². The fraction of sp³-hybridized carbons (Fsp3) is 0.0476. The number of benzene rings is 3. The van der Waals surface area contributed by atoms with Crippen molar-refractivity contribution in [2.24, 2.45) is 0 Å². The van der Waals surface area contributed by atoms with Gasteiger partial charge in [-0.05, 0) is 48.5 Å². The molecule has 1 aliphatic rings. The van der Waals surface area contributed by atoms with Gasteiger partial charge in [0.2, 0.25) is 0 Å². The van der Waals surface area contributed by atoms with Crippen LogP contribution in [-0.2, 0) is 4.79 Å². The van der Waals surface area contributed by atoms with E-state index in [1.54, 1.807) is 42.5 Å². The van der Waals surface area contributed by atoms with Gasteiger partial charge in [-0.25, -0.2) is 0 Å². The molecule has 0 unspecified atom stereocenters. The van der Waals surface area contributed by atoms with Crippen LogP contribution < -0.4 is 20.1 Å². The van der Waals surface area contributed by atoms with E-state index in [0.717, 1.165) is 4.47 Å². The number of hydrogen-bond acceptors (Lipinski definition) is 4. The van der Waals surface area contributed by atoms with E-state index in [9.17, 15) is 9.59 Å². The maximum absolute atomic E-state index is 12.8. The van der Waals surface area contributed by atoms with E-state index in [4.69, 9.17) is 9.47 Å². The third-order valence-corrected chi connectivity index (χ3v) is 4.52. The minimum atomic E-state index is -0.325. The van der Waals surface area contributed by atoms with Gasteiger partial charge in [-0.1, -0.05) is 34.1 Å². The fourth-order valence-corrected chi connectivity index (χ4v) is 3.14. The number of ether oxygens (including phenoxy) is 2. The van der Waals surface area contributed by atoms with Crippen molar-refractivity contribution in [1.29, 1.82) is 0 Å². The second-order valence-corrected chi connectivity index (χ2v) is 6.97. The van der Waals surface area contributed by atoms with Crippen LogP contribution in [0.3, 0.4) is 0 Å².